The second-order valence-corrected chi connectivity index (χ2v) is 10.1. The molecule has 1 heterocycles. The molecular weight excluding hydrogens is 462 g/mol. The summed E-state index contributed by atoms with van der Waals surface area (Å²) in [5.74, 6) is -0.0129. The van der Waals surface area contributed by atoms with Crippen LogP contribution >= 0.6 is 0 Å². The number of rotatable bonds is 11. The number of ether oxygens (including phenoxy) is 1. The van der Waals surface area contributed by atoms with Crippen molar-refractivity contribution in [1.82, 2.24) is 14.9 Å². The van der Waals surface area contributed by atoms with E-state index in [0.29, 0.717) is 36.5 Å². The second kappa shape index (κ2) is 12.2. The Morgan fingerprint density at radius 1 is 1.14 bits per heavy atom. The first-order chi connectivity index (χ1) is 17.1. The minimum atomic E-state index is -0.771. The summed E-state index contributed by atoms with van der Waals surface area (Å²) < 4.78 is 34.2. The second-order valence-electron chi connectivity index (χ2n) is 10.1. The van der Waals surface area contributed by atoms with Crippen molar-refractivity contribution in [3.8, 4) is 11.3 Å². The fourth-order valence-corrected chi connectivity index (χ4v) is 4.06. The first kappa shape index (κ1) is 27.5. The average Bonchev–Trinajstić information content (AvgIpc) is 3.25. The Kier molecular flexibility index (Phi) is 9.34. The molecule has 0 aliphatic rings. The van der Waals surface area contributed by atoms with Gasteiger partial charge in [-0.05, 0) is 36.0 Å². The van der Waals surface area contributed by atoms with Gasteiger partial charge >= 0.3 is 0 Å². The van der Waals surface area contributed by atoms with Crippen LogP contribution < -0.4 is 11.1 Å². The summed E-state index contributed by atoms with van der Waals surface area (Å²) in [5.41, 5.74) is 7.61. The first-order valence-corrected chi connectivity index (χ1v) is 12.1. The molecule has 2 aromatic carbocycles. The molecule has 3 atom stereocenters. The number of imidazole rings is 1. The van der Waals surface area contributed by atoms with E-state index in [1.807, 2.05) is 67.9 Å². The van der Waals surface area contributed by atoms with Gasteiger partial charge in [0, 0.05) is 31.5 Å². The third-order valence-electron chi connectivity index (χ3n) is 6.11. The van der Waals surface area contributed by atoms with Crippen LogP contribution in [0.25, 0.3) is 11.3 Å². The SMILES string of the molecule is COC(CC[C@@H](N)CF)C(=O)N[C@@H](c1nc(-c2cccc(F)c2)cn1Cc1ccccc1)C(C)(C)C. The molecule has 3 rings (SSSR count). The van der Waals surface area contributed by atoms with E-state index in [1.165, 1.54) is 19.2 Å². The number of aromatic nitrogens is 2. The number of carbonyl (C=O) groups excluding carboxylic acids is 1. The fourth-order valence-electron chi connectivity index (χ4n) is 4.06. The summed E-state index contributed by atoms with van der Waals surface area (Å²) in [7, 11) is 1.45. The third-order valence-corrected chi connectivity index (χ3v) is 6.11. The number of carbonyl (C=O) groups is 1. The van der Waals surface area contributed by atoms with Crippen molar-refractivity contribution < 1.29 is 18.3 Å². The predicted octanol–water partition coefficient (Wildman–Crippen LogP) is 5.03. The van der Waals surface area contributed by atoms with E-state index in [4.69, 9.17) is 15.5 Å². The van der Waals surface area contributed by atoms with Gasteiger partial charge in [0.05, 0.1) is 11.7 Å². The molecule has 0 aliphatic carbocycles. The molecule has 1 amide bonds. The lowest BCUT2D eigenvalue weighted by Gasteiger charge is -2.32. The topological polar surface area (TPSA) is 82.2 Å². The number of methoxy groups -OCH3 is 1. The molecular formula is C28H36F2N4O2. The van der Waals surface area contributed by atoms with E-state index in [2.05, 4.69) is 5.32 Å². The molecule has 0 saturated carbocycles. The number of alkyl halides is 1. The number of hydrogen-bond donors (Lipinski definition) is 2. The molecule has 194 valence electrons. The van der Waals surface area contributed by atoms with E-state index >= 15 is 0 Å². The van der Waals surface area contributed by atoms with Crippen LogP contribution in [0.3, 0.4) is 0 Å². The highest BCUT2D eigenvalue weighted by Gasteiger charge is 2.34. The van der Waals surface area contributed by atoms with E-state index in [-0.39, 0.29) is 11.7 Å². The van der Waals surface area contributed by atoms with E-state index in [0.717, 1.165) is 5.56 Å². The number of hydrogen-bond acceptors (Lipinski definition) is 4. The summed E-state index contributed by atoms with van der Waals surface area (Å²) in [5, 5.41) is 3.11. The van der Waals surface area contributed by atoms with Crippen LogP contribution in [-0.2, 0) is 16.1 Å². The highest BCUT2D eigenvalue weighted by atomic mass is 19.1. The van der Waals surface area contributed by atoms with Crippen LogP contribution in [0.2, 0.25) is 0 Å². The van der Waals surface area contributed by atoms with Crippen molar-refractivity contribution in [3.05, 3.63) is 78.0 Å². The molecule has 0 radical (unpaired) electrons. The van der Waals surface area contributed by atoms with Crippen LogP contribution in [-0.4, -0.2) is 41.4 Å². The number of halogens is 2. The molecule has 36 heavy (non-hydrogen) atoms. The lowest BCUT2D eigenvalue weighted by molar-refractivity contribution is -0.133. The number of nitrogens with one attached hydrogen (secondary N) is 1. The minimum absolute atomic E-state index is 0.303. The Hall–Kier alpha value is -3.10. The van der Waals surface area contributed by atoms with Crippen LogP contribution in [0, 0.1) is 11.2 Å². The molecule has 0 aliphatic heterocycles. The van der Waals surface area contributed by atoms with Gasteiger partial charge in [0.2, 0.25) is 5.91 Å². The van der Waals surface area contributed by atoms with Gasteiger partial charge in [0.1, 0.15) is 24.4 Å². The molecule has 0 saturated heterocycles. The monoisotopic (exact) mass is 498 g/mol. The Morgan fingerprint density at radius 3 is 2.47 bits per heavy atom. The van der Waals surface area contributed by atoms with Gasteiger partial charge in [-0.2, -0.15) is 0 Å². The summed E-state index contributed by atoms with van der Waals surface area (Å²) in [6, 6.07) is 15.1. The Labute approximate surface area is 211 Å². The highest BCUT2D eigenvalue weighted by Crippen LogP contribution is 2.34. The van der Waals surface area contributed by atoms with Crippen LogP contribution in [0.5, 0.6) is 0 Å². The minimum Gasteiger partial charge on any atom is -0.372 e. The molecule has 1 aromatic heterocycles. The molecule has 6 nitrogen and oxygen atoms in total. The molecule has 8 heteroatoms. The molecule has 3 aromatic rings. The number of benzene rings is 2. The third kappa shape index (κ3) is 7.21. The van der Waals surface area contributed by atoms with Crippen molar-refractivity contribution in [2.75, 3.05) is 13.8 Å². The predicted molar refractivity (Wildman–Crippen MR) is 137 cm³/mol. The van der Waals surface area contributed by atoms with Gasteiger partial charge in [0.25, 0.3) is 0 Å². The quantitative estimate of drug-likeness (QED) is 0.388. The Morgan fingerprint density at radius 2 is 1.86 bits per heavy atom. The van der Waals surface area contributed by atoms with Crippen molar-refractivity contribution >= 4 is 5.91 Å². The largest absolute Gasteiger partial charge is 0.372 e. The van der Waals surface area contributed by atoms with Gasteiger partial charge in [-0.1, -0.05) is 63.2 Å². The molecule has 0 spiro atoms. The lowest BCUT2D eigenvalue weighted by atomic mass is 9.85. The molecule has 3 N–H and O–H groups in total. The van der Waals surface area contributed by atoms with Gasteiger partial charge < -0.3 is 20.4 Å². The number of nitrogens with zero attached hydrogens (tertiary/aromatic N) is 2. The molecule has 1 unspecified atom stereocenters. The number of amides is 1. The fraction of sp³-hybridized carbons (Fsp3) is 0.429. The van der Waals surface area contributed by atoms with Crippen molar-refractivity contribution in [1.29, 1.82) is 0 Å². The number of nitrogens with two attached hydrogens (primary N) is 1. The van der Waals surface area contributed by atoms with Crippen LogP contribution in [0.1, 0.15) is 51.0 Å². The van der Waals surface area contributed by atoms with Gasteiger partial charge in [-0.25, -0.2) is 13.8 Å². The summed E-state index contributed by atoms with van der Waals surface area (Å²) in [6.45, 7) is 5.93. The zero-order valence-corrected chi connectivity index (χ0v) is 21.4. The van der Waals surface area contributed by atoms with E-state index in [1.54, 1.807) is 6.07 Å². The van der Waals surface area contributed by atoms with Crippen LogP contribution in [0.4, 0.5) is 8.78 Å². The maximum atomic E-state index is 14.0. The van der Waals surface area contributed by atoms with Gasteiger partial charge in [0.15, 0.2) is 0 Å². The van der Waals surface area contributed by atoms with Crippen molar-refractivity contribution in [2.45, 2.75) is 58.3 Å². The standard InChI is InChI=1S/C28H36F2N4O2/c1-28(2,3)25(33-27(35)24(36-4)14-13-22(31)16-29)26-32-23(20-11-8-12-21(30)15-20)18-34(26)17-19-9-6-5-7-10-19/h5-12,15,18,22,24-25H,13-14,16-17,31H2,1-4H3,(H,33,35)/t22-,24?,25+/m1/s1. The maximum Gasteiger partial charge on any atom is 0.249 e. The summed E-state index contributed by atoms with van der Waals surface area (Å²) >= 11 is 0. The average molecular weight is 499 g/mol. The smallest absolute Gasteiger partial charge is 0.249 e. The van der Waals surface area contributed by atoms with Crippen molar-refractivity contribution in [3.63, 3.8) is 0 Å². The van der Waals surface area contributed by atoms with E-state index in [9.17, 15) is 13.6 Å². The normalized spacial score (nSPS) is 14.3. The van der Waals surface area contributed by atoms with E-state index < -0.39 is 30.3 Å². The van der Waals surface area contributed by atoms with Crippen molar-refractivity contribution in [2.24, 2.45) is 11.1 Å². The molecule has 0 fully saturated rings. The Bertz CT molecular complexity index is 1130. The summed E-state index contributed by atoms with van der Waals surface area (Å²) in [4.78, 5) is 18.1. The zero-order valence-electron chi connectivity index (χ0n) is 21.4. The summed E-state index contributed by atoms with van der Waals surface area (Å²) in [6.07, 6.45) is 1.75. The highest BCUT2D eigenvalue weighted by molar-refractivity contribution is 5.81. The molecule has 0 bridgehead atoms. The lowest BCUT2D eigenvalue weighted by Crippen LogP contribution is -2.44. The zero-order chi connectivity index (χ0) is 26.3. The van der Waals surface area contributed by atoms with Gasteiger partial charge in [-0.15, -0.1) is 0 Å². The first-order valence-electron chi connectivity index (χ1n) is 12.1. The Balaban J connectivity index is 1.98. The maximum absolute atomic E-state index is 14.0. The van der Waals surface area contributed by atoms with Crippen LogP contribution in [0.15, 0.2) is 60.8 Å². The van der Waals surface area contributed by atoms with Gasteiger partial charge in [-0.3, -0.25) is 4.79 Å².